The molecule has 5 aliphatic rings. The Kier molecular flexibility index (Phi) is 37.8. The van der Waals surface area contributed by atoms with Gasteiger partial charge in [-0.25, -0.2) is 24.5 Å². The number of aliphatic hydroxyl groups is 1. The van der Waals surface area contributed by atoms with Gasteiger partial charge in [-0.3, -0.25) is 48.4 Å². The van der Waals surface area contributed by atoms with Gasteiger partial charge in [0.1, 0.15) is 49.5 Å². The number of aromatic nitrogens is 6. The van der Waals surface area contributed by atoms with Crippen molar-refractivity contribution in [2.24, 2.45) is 17.8 Å². The number of anilines is 2. The van der Waals surface area contributed by atoms with Crippen molar-refractivity contribution in [3.63, 3.8) is 0 Å². The van der Waals surface area contributed by atoms with Crippen LogP contribution in [0.3, 0.4) is 0 Å². The average Bonchev–Trinajstić information content (AvgIpc) is 1.65. The number of carbonyl (C=O) groups excluding carboxylic acids is 8. The van der Waals surface area contributed by atoms with E-state index in [-0.39, 0.29) is 155 Å². The third kappa shape index (κ3) is 28.2. The third-order valence-electron chi connectivity index (χ3n) is 21.7. The highest BCUT2D eigenvalue weighted by Gasteiger charge is 2.55. The molecule has 3 aromatic heterocycles. The highest BCUT2D eigenvalue weighted by molar-refractivity contribution is 7.33. The number of benzene rings is 4. The first kappa shape index (κ1) is 97.5. The van der Waals surface area contributed by atoms with Crippen molar-refractivity contribution in [3.05, 3.63) is 154 Å². The second-order valence-corrected chi connectivity index (χ2v) is 32.2. The van der Waals surface area contributed by atoms with E-state index in [4.69, 9.17) is 93.9 Å². The van der Waals surface area contributed by atoms with Gasteiger partial charge in [0, 0.05) is 102 Å². The molecule has 2 unspecified atom stereocenters. The Hall–Kier alpha value is -10.6. The number of aliphatic hydroxyl groups excluding tert-OH is 1. The molecule has 7 aromatic rings. The highest BCUT2D eigenvalue weighted by atomic mass is 31.1. The minimum atomic E-state index is -3.12. The number of hydrogen-bond donors (Lipinski definition) is 5. The molecule has 0 spiro atoms. The Morgan fingerprint density at radius 2 is 1.31 bits per heavy atom. The molecule has 4 fully saturated rings. The predicted molar refractivity (Wildman–Crippen MR) is 456 cm³/mol. The number of ether oxygens (including phenoxy) is 16. The number of rotatable bonds is 45. The number of methoxy groups -OCH3 is 2. The summed E-state index contributed by atoms with van der Waals surface area (Å²) in [6.07, 6.45) is -6.31. The number of aromatic amines is 1. The number of hydrogen-bond acceptors (Lipinski definition) is 35. The molecule has 4 aromatic carbocycles. The first-order valence-corrected chi connectivity index (χ1v) is 44.3. The van der Waals surface area contributed by atoms with Crippen molar-refractivity contribution in [1.82, 2.24) is 39.7 Å². The smallest absolute Gasteiger partial charge is 0.410 e. The Bertz CT molecular complexity index is 4920. The molecule has 12 rings (SSSR count). The molecule has 129 heavy (non-hydrogen) atoms. The molecule has 1 aliphatic heterocycles. The maximum atomic E-state index is 14.9. The van der Waals surface area contributed by atoms with Gasteiger partial charge < -0.3 is 119 Å². The number of H-pyrrole nitrogens is 1. The highest BCUT2D eigenvalue weighted by Crippen LogP contribution is 2.48. The molecular weight excluding hydrogens is 1730 g/mol. The molecule has 2 bridgehead atoms. The van der Waals surface area contributed by atoms with Gasteiger partial charge in [0.05, 0.1) is 150 Å². The fourth-order valence-corrected chi connectivity index (χ4v) is 17.4. The van der Waals surface area contributed by atoms with Gasteiger partial charge in [0.2, 0.25) is 17.7 Å². The van der Waals surface area contributed by atoms with Crippen LogP contribution in [0.25, 0.3) is 22.3 Å². The number of nitrogens with zero attached hydrogens (tertiary/aromatic N) is 6. The van der Waals surface area contributed by atoms with Crippen molar-refractivity contribution in [1.29, 1.82) is 0 Å². The van der Waals surface area contributed by atoms with Crippen molar-refractivity contribution < 1.29 is 142 Å². The SMILES string of the molecule is COCCOCCOCCOCCOCCOCCOCCOCCN(Cc1ccccc1C(=O)Nc1nc2c(ncn2[C@@H]2C[C@@H]3CO[PH](=O)O[C@H]4C[C@H](Oc5ccncn5)C[C@@H]4COPO[C@@H]2[C@@H]3O)c(=O)[nH]1)C(=O)OCc1ccc(O[C@@H]2C[C@H](C(=O)OC)[C@@H](OC(C)=O)[C@H](OC(C)=O)[C@H]2OC(C)=O)c(NC(=O)CCNC(=O)OCC2c3ccccc3-c3ccccc32)c1. The van der Waals surface area contributed by atoms with Gasteiger partial charge in [0.15, 0.2) is 38.5 Å². The maximum absolute atomic E-state index is 14.9. The summed E-state index contributed by atoms with van der Waals surface area (Å²) in [7, 11) is -1.00. The molecule has 4 heterocycles. The van der Waals surface area contributed by atoms with Crippen LogP contribution in [0.5, 0.6) is 11.6 Å². The fraction of sp³-hybridized carbons (Fsp3) is 0.523. The molecular formula is C86H108N10O31P2. The Balaban J connectivity index is 0.730. The van der Waals surface area contributed by atoms with E-state index in [1.165, 1.54) is 41.8 Å². The van der Waals surface area contributed by atoms with Gasteiger partial charge >= 0.3 is 44.3 Å². The van der Waals surface area contributed by atoms with Gasteiger partial charge in [0.25, 0.3) is 11.5 Å². The molecule has 43 heteroatoms. The molecule has 14 atom stereocenters. The van der Waals surface area contributed by atoms with Crippen molar-refractivity contribution >= 4 is 88.0 Å². The van der Waals surface area contributed by atoms with E-state index in [2.05, 4.69) is 40.9 Å². The summed E-state index contributed by atoms with van der Waals surface area (Å²) in [4.78, 5) is 144. The van der Waals surface area contributed by atoms with Crippen LogP contribution >= 0.6 is 17.3 Å². The van der Waals surface area contributed by atoms with E-state index in [1.807, 2.05) is 48.5 Å². The number of nitrogens with one attached hydrogen (secondary N) is 4. The Morgan fingerprint density at radius 3 is 1.96 bits per heavy atom. The summed E-state index contributed by atoms with van der Waals surface area (Å²) in [6.45, 7) is 6.74. The molecule has 3 saturated carbocycles. The molecule has 1 saturated heterocycles. The van der Waals surface area contributed by atoms with Crippen LogP contribution in [0.15, 0.2) is 121 Å². The zero-order chi connectivity index (χ0) is 91.0. The molecule has 698 valence electrons. The summed E-state index contributed by atoms with van der Waals surface area (Å²) < 4.78 is 130. The van der Waals surface area contributed by atoms with Crippen LogP contribution in [-0.2, 0) is 126 Å². The summed E-state index contributed by atoms with van der Waals surface area (Å²) in [5.41, 5.74) is 3.69. The monoisotopic (exact) mass is 1840 g/mol. The average molecular weight is 1840 g/mol. The van der Waals surface area contributed by atoms with Gasteiger partial charge in [-0.05, 0) is 64.4 Å². The van der Waals surface area contributed by atoms with Gasteiger partial charge in [-0.1, -0.05) is 72.8 Å². The standard InChI is InChI=1S/C86H108N10O31P2/c1-52(97)121-76-65(83(104)109-5)44-71(78(122-53(2)98)79(76)123-54(3)99)125-69-19-18-55(40-67(69)91-72(100)20-23-88-85(105)117-49-66-63-16-10-8-14-61(63)62-15-9-11-17-64(62)66)46-118-86(106)95(24-25-110-28-29-112-32-33-114-36-37-116-39-38-115-35-34-113-31-30-111-27-26-108-4)45-56-12-6-7-13-60(56)81(102)93-84-92-80-74(82(103)94-84)90-51-96(80)68-42-58-48-120-129(107)127-70-43-59(124-73-21-22-87-50-89-73)41-57(70)47-119-128-126-77(68)75(58)101/h6-19,21-22,40,50-51,57-59,65-66,68,70-71,75-79,101,128-129H,20,23-39,41-49H2,1-5H3,(H,88,105)(H,91,100)(H2,92,93,94,102,103)/t57-,58-,59-,65+,68-,70+,71-,75-,76-,77+,78+,79+/m1/s1. The first-order chi connectivity index (χ1) is 62.7. The topological polar surface area (TPSA) is 487 Å². The minimum Gasteiger partial charge on any atom is -0.484 e. The van der Waals surface area contributed by atoms with E-state index in [1.54, 1.807) is 42.1 Å². The predicted octanol–water partition coefficient (Wildman–Crippen LogP) is 7.16. The van der Waals surface area contributed by atoms with Crippen molar-refractivity contribution in [2.45, 2.75) is 127 Å². The van der Waals surface area contributed by atoms with Crippen LogP contribution < -0.4 is 31.0 Å². The third-order valence-corrected chi connectivity index (χ3v) is 23.2. The number of alkyl carbamates (subject to hydrolysis) is 1. The van der Waals surface area contributed by atoms with Crippen LogP contribution in [0, 0.1) is 17.8 Å². The number of esters is 4. The van der Waals surface area contributed by atoms with Crippen LogP contribution in [0.1, 0.15) is 97.4 Å². The number of amides is 4. The quantitative estimate of drug-likeness (QED) is 0.0109. The van der Waals surface area contributed by atoms with E-state index in [0.717, 1.165) is 50.1 Å². The molecule has 5 N–H and O–H groups in total. The zero-order valence-corrected chi connectivity index (χ0v) is 73.9. The van der Waals surface area contributed by atoms with Crippen molar-refractivity contribution in [3.8, 4) is 22.8 Å². The Labute approximate surface area is 744 Å². The number of fused-ring (bicyclic) bond motifs is 7. The van der Waals surface area contributed by atoms with Crippen LogP contribution in [-0.4, -0.2) is 282 Å². The lowest BCUT2D eigenvalue weighted by Gasteiger charge is -2.43. The lowest BCUT2D eigenvalue weighted by molar-refractivity contribution is -0.213. The number of imidazole rings is 1. The summed E-state index contributed by atoms with van der Waals surface area (Å²) in [6, 6.07) is 27.2. The summed E-state index contributed by atoms with van der Waals surface area (Å²) in [5.74, 6) is -7.61. The largest absolute Gasteiger partial charge is 0.484 e. The second kappa shape index (κ2) is 50.0. The second-order valence-electron chi connectivity index (χ2n) is 30.5. The first-order valence-electron chi connectivity index (χ1n) is 42.3. The lowest BCUT2D eigenvalue weighted by atomic mass is 9.80. The minimum absolute atomic E-state index is 0.000156. The maximum Gasteiger partial charge on any atom is 0.410 e. The summed E-state index contributed by atoms with van der Waals surface area (Å²) in [5, 5.41) is 20.0. The fourth-order valence-electron chi connectivity index (χ4n) is 15.7. The van der Waals surface area contributed by atoms with E-state index in [9.17, 15) is 52.8 Å². The molecule has 4 aliphatic carbocycles. The lowest BCUT2D eigenvalue weighted by Crippen LogP contribution is -2.61. The van der Waals surface area contributed by atoms with E-state index in [0.29, 0.717) is 84.8 Å². The molecule has 41 nitrogen and oxygen atoms in total. The molecule has 0 radical (unpaired) electrons. The number of carbonyl (C=O) groups is 8. The van der Waals surface area contributed by atoms with Gasteiger partial charge in [-0.15, -0.1) is 0 Å². The van der Waals surface area contributed by atoms with Crippen LogP contribution in [0.2, 0.25) is 0 Å². The van der Waals surface area contributed by atoms with Gasteiger partial charge in [-0.2, -0.15) is 4.98 Å². The van der Waals surface area contributed by atoms with E-state index >= 15 is 0 Å². The zero-order valence-electron chi connectivity index (χ0n) is 71.9. The normalized spacial score (nSPS) is 22.0. The summed E-state index contributed by atoms with van der Waals surface area (Å²) >= 11 is 0. The van der Waals surface area contributed by atoms with Crippen LogP contribution in [0.4, 0.5) is 21.2 Å². The molecule has 4 amide bonds. The van der Waals surface area contributed by atoms with Crippen molar-refractivity contribution in [2.75, 3.05) is 157 Å². The van der Waals surface area contributed by atoms with E-state index < -0.39 is 138 Å². The Morgan fingerprint density at radius 1 is 0.674 bits per heavy atom.